The highest BCUT2D eigenvalue weighted by Gasteiger charge is 2.09. The lowest BCUT2D eigenvalue weighted by Gasteiger charge is -2.06. The number of carboxylic acid groups (broad SMARTS) is 1. The van der Waals surface area contributed by atoms with Crippen molar-refractivity contribution in [3.8, 4) is 0 Å². The zero-order valence-corrected chi connectivity index (χ0v) is 12.2. The molecule has 2 rings (SSSR count). The number of carbonyl (C=O) groups is 1. The van der Waals surface area contributed by atoms with Gasteiger partial charge in [-0.3, -0.25) is 0 Å². The molecule has 5 heteroatoms. The fourth-order valence-corrected chi connectivity index (χ4v) is 2.97. The van der Waals surface area contributed by atoms with Crippen LogP contribution in [0.25, 0.3) is 0 Å². The summed E-state index contributed by atoms with van der Waals surface area (Å²) in [6.07, 6.45) is 0. The van der Waals surface area contributed by atoms with Gasteiger partial charge in [0.2, 0.25) is 0 Å². The highest BCUT2D eigenvalue weighted by atomic mass is 79.9. The fraction of sp³-hybridized carbons (Fsp3) is 0.0714. The van der Waals surface area contributed by atoms with Gasteiger partial charge in [0.25, 0.3) is 0 Å². The predicted molar refractivity (Wildman–Crippen MR) is 77.1 cm³/mol. The quantitative estimate of drug-likeness (QED) is 0.827. The molecule has 0 saturated carbocycles. The normalized spacial score (nSPS) is 10.4. The molecule has 0 aliphatic heterocycles. The highest BCUT2D eigenvalue weighted by molar-refractivity contribution is 9.10. The van der Waals surface area contributed by atoms with Crippen LogP contribution in [0.4, 0.5) is 4.39 Å². The van der Waals surface area contributed by atoms with Crippen molar-refractivity contribution in [1.29, 1.82) is 0 Å². The van der Waals surface area contributed by atoms with E-state index in [1.54, 1.807) is 36.4 Å². The lowest BCUT2D eigenvalue weighted by atomic mass is 10.2. The summed E-state index contributed by atoms with van der Waals surface area (Å²) in [5.74, 6) is -0.661. The third-order valence-electron chi connectivity index (χ3n) is 2.50. The van der Waals surface area contributed by atoms with Gasteiger partial charge in [0, 0.05) is 10.6 Å². The van der Waals surface area contributed by atoms with Crippen molar-refractivity contribution in [3.05, 3.63) is 63.9 Å². The van der Waals surface area contributed by atoms with E-state index in [1.165, 1.54) is 17.8 Å². The van der Waals surface area contributed by atoms with E-state index in [9.17, 15) is 9.18 Å². The zero-order chi connectivity index (χ0) is 13.8. The van der Waals surface area contributed by atoms with Crippen molar-refractivity contribution in [2.24, 2.45) is 0 Å². The van der Waals surface area contributed by atoms with Crippen LogP contribution in [0.1, 0.15) is 15.9 Å². The van der Waals surface area contributed by atoms with Gasteiger partial charge < -0.3 is 5.11 Å². The van der Waals surface area contributed by atoms with E-state index in [4.69, 9.17) is 5.11 Å². The van der Waals surface area contributed by atoms with Gasteiger partial charge in [-0.1, -0.05) is 18.2 Å². The van der Waals surface area contributed by atoms with Gasteiger partial charge in [0.1, 0.15) is 5.82 Å². The van der Waals surface area contributed by atoms with Gasteiger partial charge in [-0.2, -0.15) is 0 Å². The zero-order valence-electron chi connectivity index (χ0n) is 9.77. The summed E-state index contributed by atoms with van der Waals surface area (Å²) in [7, 11) is 0. The van der Waals surface area contributed by atoms with Crippen molar-refractivity contribution in [2.75, 3.05) is 0 Å². The maximum atomic E-state index is 13.1. The largest absolute Gasteiger partial charge is 0.478 e. The van der Waals surface area contributed by atoms with Gasteiger partial charge in [-0.05, 0) is 45.8 Å². The maximum Gasteiger partial charge on any atom is 0.336 e. The first-order valence-corrected chi connectivity index (χ1v) is 7.25. The van der Waals surface area contributed by atoms with Crippen molar-refractivity contribution in [2.45, 2.75) is 10.6 Å². The Balaban J connectivity index is 2.14. The van der Waals surface area contributed by atoms with Crippen LogP contribution in [0.2, 0.25) is 0 Å². The molecule has 2 aromatic rings. The van der Waals surface area contributed by atoms with Crippen LogP contribution >= 0.6 is 27.7 Å². The number of benzene rings is 2. The number of hydrogen-bond acceptors (Lipinski definition) is 2. The molecular weight excluding hydrogens is 331 g/mol. The number of halogens is 2. The van der Waals surface area contributed by atoms with Crippen LogP contribution in [0.15, 0.2) is 51.8 Å². The molecule has 0 saturated heterocycles. The summed E-state index contributed by atoms with van der Waals surface area (Å²) in [6, 6.07) is 11.6. The summed E-state index contributed by atoms with van der Waals surface area (Å²) < 4.78 is 13.5. The van der Waals surface area contributed by atoms with Crippen molar-refractivity contribution < 1.29 is 14.3 Å². The minimum absolute atomic E-state index is 0.286. The molecule has 0 fully saturated rings. The Hall–Kier alpha value is -1.33. The average Bonchev–Trinajstić information content (AvgIpc) is 2.40. The molecule has 98 valence electrons. The van der Waals surface area contributed by atoms with E-state index in [-0.39, 0.29) is 11.4 Å². The van der Waals surface area contributed by atoms with Crippen molar-refractivity contribution in [1.82, 2.24) is 0 Å². The van der Waals surface area contributed by atoms with Crippen LogP contribution in [-0.4, -0.2) is 11.1 Å². The number of thioether (sulfide) groups is 1. The molecular formula is C14H10BrFO2S. The topological polar surface area (TPSA) is 37.3 Å². The fourth-order valence-electron chi connectivity index (χ4n) is 1.56. The van der Waals surface area contributed by atoms with Crippen LogP contribution in [0, 0.1) is 5.82 Å². The molecule has 2 aromatic carbocycles. The average molecular weight is 341 g/mol. The maximum absolute atomic E-state index is 13.1. The summed E-state index contributed by atoms with van der Waals surface area (Å²) in [4.78, 5) is 11.8. The minimum atomic E-state index is -0.941. The van der Waals surface area contributed by atoms with E-state index >= 15 is 0 Å². The summed E-state index contributed by atoms with van der Waals surface area (Å²) in [5.41, 5.74) is 1.21. The Kier molecular flexibility index (Phi) is 4.61. The standard InChI is InChI=1S/C14H10BrFO2S/c15-11-7-9(5-6-12(11)16)8-19-13-4-2-1-3-10(13)14(17)18/h1-7H,8H2,(H,17,18). The molecule has 0 spiro atoms. The van der Waals surface area contributed by atoms with Crippen LogP contribution in [-0.2, 0) is 5.75 Å². The molecule has 0 bridgehead atoms. The Morgan fingerprint density at radius 2 is 2.00 bits per heavy atom. The molecule has 19 heavy (non-hydrogen) atoms. The SMILES string of the molecule is O=C(O)c1ccccc1SCc1ccc(F)c(Br)c1. The van der Waals surface area contributed by atoms with E-state index in [1.807, 2.05) is 0 Å². The minimum Gasteiger partial charge on any atom is -0.478 e. The third kappa shape index (κ3) is 3.58. The van der Waals surface area contributed by atoms with E-state index in [0.717, 1.165) is 5.56 Å². The second-order valence-electron chi connectivity index (χ2n) is 3.84. The second-order valence-corrected chi connectivity index (χ2v) is 5.71. The van der Waals surface area contributed by atoms with E-state index in [0.29, 0.717) is 15.1 Å². The number of rotatable bonds is 4. The molecule has 2 nitrogen and oxygen atoms in total. The Bertz CT molecular complexity index is 616. The molecule has 0 aliphatic rings. The first-order valence-electron chi connectivity index (χ1n) is 5.47. The van der Waals surface area contributed by atoms with Crippen LogP contribution in [0.3, 0.4) is 0 Å². The smallest absolute Gasteiger partial charge is 0.336 e. The number of aromatic carboxylic acids is 1. The van der Waals surface area contributed by atoms with Gasteiger partial charge in [0.05, 0.1) is 10.0 Å². The van der Waals surface area contributed by atoms with E-state index in [2.05, 4.69) is 15.9 Å². The number of hydrogen-bond donors (Lipinski definition) is 1. The first-order chi connectivity index (χ1) is 9.08. The van der Waals surface area contributed by atoms with Gasteiger partial charge >= 0.3 is 5.97 Å². The first kappa shape index (κ1) is 14.1. The molecule has 0 radical (unpaired) electrons. The molecule has 0 heterocycles. The third-order valence-corrected chi connectivity index (χ3v) is 4.25. The van der Waals surface area contributed by atoms with Gasteiger partial charge in [0.15, 0.2) is 0 Å². The Labute approximate surface area is 122 Å². The molecule has 0 amide bonds. The molecule has 0 aliphatic carbocycles. The molecule has 0 atom stereocenters. The van der Waals surface area contributed by atoms with Crippen LogP contribution < -0.4 is 0 Å². The lowest BCUT2D eigenvalue weighted by molar-refractivity contribution is 0.0693. The van der Waals surface area contributed by atoms with Crippen molar-refractivity contribution >= 4 is 33.7 Å². The summed E-state index contributed by atoms with van der Waals surface area (Å²) >= 11 is 4.55. The molecule has 1 N–H and O–H groups in total. The van der Waals surface area contributed by atoms with Gasteiger partial charge in [-0.25, -0.2) is 9.18 Å². The van der Waals surface area contributed by atoms with Gasteiger partial charge in [-0.15, -0.1) is 11.8 Å². The lowest BCUT2D eigenvalue weighted by Crippen LogP contribution is -1.98. The van der Waals surface area contributed by atoms with Crippen molar-refractivity contribution in [3.63, 3.8) is 0 Å². The second kappa shape index (κ2) is 6.21. The number of carboxylic acids is 1. The molecule has 0 aromatic heterocycles. The van der Waals surface area contributed by atoms with Crippen LogP contribution in [0.5, 0.6) is 0 Å². The summed E-state index contributed by atoms with van der Waals surface area (Å²) in [6.45, 7) is 0. The highest BCUT2D eigenvalue weighted by Crippen LogP contribution is 2.27. The molecule has 0 unspecified atom stereocenters. The predicted octanol–water partition coefficient (Wildman–Crippen LogP) is 4.58. The Morgan fingerprint density at radius 3 is 2.68 bits per heavy atom. The summed E-state index contributed by atoms with van der Waals surface area (Å²) in [5, 5.41) is 9.07. The monoisotopic (exact) mass is 340 g/mol. The van der Waals surface area contributed by atoms with E-state index < -0.39 is 5.97 Å². The Morgan fingerprint density at radius 1 is 1.26 bits per heavy atom.